The molecule has 0 aliphatic carbocycles. The largest absolute Gasteiger partial charge is 0.334 e. The topological polar surface area (TPSA) is 84.7 Å². The van der Waals surface area contributed by atoms with Gasteiger partial charge in [0, 0.05) is 23.2 Å². The lowest BCUT2D eigenvalue weighted by molar-refractivity contribution is 0.432. The van der Waals surface area contributed by atoms with Crippen LogP contribution in [0.1, 0.15) is 11.1 Å². The number of thiophene rings is 1. The van der Waals surface area contributed by atoms with E-state index < -0.39 is 0 Å². The maximum Gasteiger partial charge on any atom is 0.259 e. The summed E-state index contributed by atoms with van der Waals surface area (Å²) in [7, 11) is 0. The summed E-state index contributed by atoms with van der Waals surface area (Å²) in [6.07, 6.45) is 1.67. The van der Waals surface area contributed by atoms with Crippen LogP contribution in [0.15, 0.2) is 68.7 Å². The molecule has 0 N–H and O–H groups in total. The second-order valence-electron chi connectivity index (χ2n) is 5.59. The molecule has 3 aromatic heterocycles. The van der Waals surface area contributed by atoms with Gasteiger partial charge in [-0.2, -0.15) is 21.6 Å². The molecule has 0 bridgehead atoms. The maximum absolute atomic E-state index is 12.2. The van der Waals surface area contributed by atoms with Gasteiger partial charge in [0.1, 0.15) is 0 Å². The van der Waals surface area contributed by atoms with Crippen molar-refractivity contribution in [3.63, 3.8) is 0 Å². The highest BCUT2D eigenvalue weighted by Gasteiger charge is 2.12. The monoisotopic (exact) mass is 360 g/mol. The zero-order valence-electron chi connectivity index (χ0n) is 13.5. The van der Waals surface area contributed by atoms with Crippen molar-refractivity contribution in [2.75, 3.05) is 0 Å². The van der Waals surface area contributed by atoms with Crippen LogP contribution in [0.25, 0.3) is 22.8 Å². The molecule has 0 atom stereocenters. The molecule has 0 unspecified atom stereocenters. The van der Waals surface area contributed by atoms with E-state index in [-0.39, 0.29) is 5.56 Å². The SMILES string of the molecule is N#Cc1ccccc1Cn1cc(-c2nc(-c3ccsc3)no2)ccc1=O. The molecule has 3 heterocycles. The molecule has 126 valence electrons. The molecule has 0 saturated carbocycles. The Balaban J connectivity index is 1.69. The summed E-state index contributed by atoms with van der Waals surface area (Å²) in [6.45, 7) is 0.294. The van der Waals surface area contributed by atoms with Gasteiger partial charge in [0.25, 0.3) is 11.4 Å². The molecule has 6 nitrogen and oxygen atoms in total. The van der Waals surface area contributed by atoms with E-state index in [1.165, 1.54) is 10.6 Å². The van der Waals surface area contributed by atoms with Gasteiger partial charge in [0.15, 0.2) is 0 Å². The van der Waals surface area contributed by atoms with Gasteiger partial charge in [-0.3, -0.25) is 4.79 Å². The quantitative estimate of drug-likeness (QED) is 0.556. The summed E-state index contributed by atoms with van der Waals surface area (Å²) in [6, 6.07) is 14.4. The van der Waals surface area contributed by atoms with Gasteiger partial charge in [-0.05, 0) is 29.1 Å². The molecule has 0 saturated heterocycles. The van der Waals surface area contributed by atoms with Crippen LogP contribution in [-0.2, 0) is 6.54 Å². The van der Waals surface area contributed by atoms with Crippen LogP contribution in [-0.4, -0.2) is 14.7 Å². The molecule has 26 heavy (non-hydrogen) atoms. The summed E-state index contributed by atoms with van der Waals surface area (Å²) in [5, 5.41) is 17.1. The maximum atomic E-state index is 12.2. The van der Waals surface area contributed by atoms with Crippen LogP contribution in [0.5, 0.6) is 0 Å². The molecule has 0 aliphatic rings. The lowest BCUT2D eigenvalue weighted by Crippen LogP contribution is -2.19. The average Bonchev–Trinajstić information content (AvgIpc) is 3.35. The number of aromatic nitrogens is 3. The zero-order valence-corrected chi connectivity index (χ0v) is 14.3. The third-order valence-corrected chi connectivity index (χ3v) is 4.60. The Morgan fingerprint density at radius 1 is 1.15 bits per heavy atom. The van der Waals surface area contributed by atoms with E-state index in [0.29, 0.717) is 29.4 Å². The first-order valence-electron chi connectivity index (χ1n) is 7.80. The highest BCUT2D eigenvalue weighted by atomic mass is 32.1. The minimum atomic E-state index is -0.168. The molecule has 7 heteroatoms. The van der Waals surface area contributed by atoms with E-state index in [9.17, 15) is 10.1 Å². The van der Waals surface area contributed by atoms with Crippen molar-refractivity contribution in [1.82, 2.24) is 14.7 Å². The van der Waals surface area contributed by atoms with Crippen LogP contribution in [0.2, 0.25) is 0 Å². The smallest absolute Gasteiger partial charge is 0.259 e. The normalized spacial score (nSPS) is 10.6. The molecular weight excluding hydrogens is 348 g/mol. The van der Waals surface area contributed by atoms with E-state index in [4.69, 9.17) is 4.52 Å². The third kappa shape index (κ3) is 3.06. The first-order chi connectivity index (χ1) is 12.7. The predicted octanol–water partition coefficient (Wildman–Crippen LogP) is 3.55. The number of rotatable bonds is 4. The number of hydrogen-bond acceptors (Lipinski definition) is 6. The molecule has 0 aliphatic heterocycles. The second-order valence-corrected chi connectivity index (χ2v) is 6.37. The van der Waals surface area contributed by atoms with Crippen molar-refractivity contribution in [1.29, 1.82) is 5.26 Å². The molecular formula is C19H12N4O2S. The fourth-order valence-electron chi connectivity index (χ4n) is 2.58. The standard InChI is InChI=1S/C19H12N4O2S/c20-9-13-3-1-2-4-14(13)10-23-11-15(5-6-17(23)24)19-21-18(22-25-19)16-7-8-26-12-16/h1-8,11-12H,10H2. The lowest BCUT2D eigenvalue weighted by atomic mass is 10.1. The highest BCUT2D eigenvalue weighted by molar-refractivity contribution is 7.08. The van der Waals surface area contributed by atoms with E-state index in [1.54, 1.807) is 35.7 Å². The van der Waals surface area contributed by atoms with Gasteiger partial charge in [0.2, 0.25) is 5.82 Å². The van der Waals surface area contributed by atoms with E-state index >= 15 is 0 Å². The average molecular weight is 360 g/mol. The van der Waals surface area contributed by atoms with Gasteiger partial charge in [-0.1, -0.05) is 23.4 Å². The van der Waals surface area contributed by atoms with Gasteiger partial charge in [0.05, 0.1) is 23.7 Å². The van der Waals surface area contributed by atoms with Gasteiger partial charge in [-0.15, -0.1) is 0 Å². The van der Waals surface area contributed by atoms with Crippen molar-refractivity contribution in [2.45, 2.75) is 6.54 Å². The van der Waals surface area contributed by atoms with Crippen molar-refractivity contribution < 1.29 is 4.52 Å². The molecule has 4 aromatic rings. The van der Waals surface area contributed by atoms with Gasteiger partial charge in [-0.25, -0.2) is 0 Å². The Kier molecular flexibility index (Phi) is 4.17. The summed E-state index contributed by atoms with van der Waals surface area (Å²) < 4.78 is 6.87. The molecule has 1 aromatic carbocycles. The Morgan fingerprint density at radius 3 is 2.85 bits per heavy atom. The van der Waals surface area contributed by atoms with E-state index in [1.807, 2.05) is 29.0 Å². The van der Waals surface area contributed by atoms with Gasteiger partial charge >= 0.3 is 0 Å². The van der Waals surface area contributed by atoms with E-state index in [0.717, 1.165) is 11.1 Å². The summed E-state index contributed by atoms with van der Waals surface area (Å²) in [5.74, 6) is 0.849. The molecule has 0 spiro atoms. The lowest BCUT2D eigenvalue weighted by Gasteiger charge is -2.08. The third-order valence-electron chi connectivity index (χ3n) is 3.91. The zero-order chi connectivity index (χ0) is 17.9. The second kappa shape index (κ2) is 6.78. The van der Waals surface area contributed by atoms with Crippen molar-refractivity contribution >= 4 is 11.3 Å². The Morgan fingerprint density at radius 2 is 2.04 bits per heavy atom. The highest BCUT2D eigenvalue weighted by Crippen LogP contribution is 2.23. The first-order valence-corrected chi connectivity index (χ1v) is 8.74. The minimum Gasteiger partial charge on any atom is -0.334 e. The van der Waals surface area contributed by atoms with Crippen molar-refractivity contribution in [3.05, 3.63) is 80.9 Å². The van der Waals surface area contributed by atoms with Crippen LogP contribution in [0.4, 0.5) is 0 Å². The Hall–Kier alpha value is -3.50. The number of nitrogens with zero attached hydrogens (tertiary/aromatic N) is 4. The van der Waals surface area contributed by atoms with Crippen LogP contribution < -0.4 is 5.56 Å². The molecule has 4 rings (SSSR count). The first kappa shape index (κ1) is 16.0. The van der Waals surface area contributed by atoms with E-state index in [2.05, 4.69) is 16.2 Å². The Bertz CT molecular complexity index is 1150. The van der Waals surface area contributed by atoms with Crippen LogP contribution in [0.3, 0.4) is 0 Å². The fourth-order valence-corrected chi connectivity index (χ4v) is 3.22. The summed E-state index contributed by atoms with van der Waals surface area (Å²) in [5.41, 5.74) is 2.69. The summed E-state index contributed by atoms with van der Waals surface area (Å²) in [4.78, 5) is 16.6. The fraction of sp³-hybridized carbons (Fsp3) is 0.0526. The van der Waals surface area contributed by atoms with Crippen LogP contribution in [0, 0.1) is 11.3 Å². The van der Waals surface area contributed by atoms with Crippen LogP contribution >= 0.6 is 11.3 Å². The molecule has 0 amide bonds. The number of pyridine rings is 1. The molecule has 0 fully saturated rings. The minimum absolute atomic E-state index is 0.168. The van der Waals surface area contributed by atoms with Crippen molar-refractivity contribution in [2.24, 2.45) is 0 Å². The summed E-state index contributed by atoms with van der Waals surface area (Å²) >= 11 is 1.56. The predicted molar refractivity (Wildman–Crippen MR) is 97.6 cm³/mol. The Labute approximate surface area is 152 Å². The molecule has 0 radical (unpaired) electrons. The van der Waals surface area contributed by atoms with Gasteiger partial charge < -0.3 is 9.09 Å². The number of nitriles is 1. The van der Waals surface area contributed by atoms with Crippen molar-refractivity contribution in [3.8, 4) is 28.9 Å². The number of benzene rings is 1. The number of hydrogen-bond donors (Lipinski definition) is 0.